The van der Waals surface area contributed by atoms with Crippen molar-refractivity contribution in [2.75, 3.05) is 0 Å². The van der Waals surface area contributed by atoms with E-state index in [9.17, 15) is 4.79 Å². The van der Waals surface area contributed by atoms with Gasteiger partial charge in [0.2, 0.25) is 0 Å². The van der Waals surface area contributed by atoms with E-state index < -0.39 is 0 Å². The van der Waals surface area contributed by atoms with Crippen LogP contribution in [-0.2, 0) is 4.79 Å². The molecule has 0 fully saturated rings. The molecule has 0 aliphatic heterocycles. The molecule has 2 rings (SSSR count). The third-order valence-corrected chi connectivity index (χ3v) is 2.37. The zero-order valence-corrected chi connectivity index (χ0v) is 7.93. The molecular formula is C11H11NO2. The molecule has 2 aromatic rings. The number of nitrogens with zero attached hydrogens (tertiary/aromatic N) is 1. The maximum absolute atomic E-state index is 10.4. The first kappa shape index (κ1) is 8.94. The number of carbonyl (C=O) groups excluding carboxylic acids is 1. The van der Waals surface area contributed by atoms with Crippen molar-refractivity contribution in [1.82, 2.24) is 4.98 Å². The number of benzene rings is 1. The maximum Gasteiger partial charge on any atom is 0.181 e. The van der Waals surface area contributed by atoms with Crippen molar-refractivity contribution in [3.63, 3.8) is 0 Å². The summed E-state index contributed by atoms with van der Waals surface area (Å²) in [6.45, 7) is 2.01. The maximum atomic E-state index is 10.4. The SMILES string of the molecule is CC(CC=O)c1cccc2ncoc12. The van der Waals surface area contributed by atoms with Crippen LogP contribution in [0, 0.1) is 0 Å². The molecule has 14 heavy (non-hydrogen) atoms. The van der Waals surface area contributed by atoms with Gasteiger partial charge in [-0.3, -0.25) is 0 Å². The van der Waals surface area contributed by atoms with Gasteiger partial charge in [-0.05, 0) is 12.0 Å². The highest BCUT2D eigenvalue weighted by molar-refractivity contribution is 5.76. The summed E-state index contributed by atoms with van der Waals surface area (Å²) in [5, 5.41) is 0. The summed E-state index contributed by atoms with van der Waals surface area (Å²) < 4.78 is 5.29. The highest BCUT2D eigenvalue weighted by Crippen LogP contribution is 2.26. The van der Waals surface area contributed by atoms with Crippen molar-refractivity contribution in [2.45, 2.75) is 19.3 Å². The number of fused-ring (bicyclic) bond motifs is 1. The molecule has 1 unspecified atom stereocenters. The Morgan fingerprint density at radius 3 is 3.21 bits per heavy atom. The second-order valence-electron chi connectivity index (χ2n) is 3.35. The van der Waals surface area contributed by atoms with Gasteiger partial charge in [-0.2, -0.15) is 0 Å². The van der Waals surface area contributed by atoms with Crippen LogP contribution in [-0.4, -0.2) is 11.3 Å². The Kier molecular flexibility index (Phi) is 2.31. The molecular weight excluding hydrogens is 178 g/mol. The smallest absolute Gasteiger partial charge is 0.181 e. The number of hydrogen-bond donors (Lipinski definition) is 0. The van der Waals surface area contributed by atoms with Gasteiger partial charge in [0.15, 0.2) is 12.0 Å². The highest BCUT2D eigenvalue weighted by Gasteiger charge is 2.11. The van der Waals surface area contributed by atoms with Crippen LogP contribution in [0.1, 0.15) is 24.8 Å². The van der Waals surface area contributed by atoms with Crippen LogP contribution in [0.25, 0.3) is 11.1 Å². The minimum absolute atomic E-state index is 0.184. The van der Waals surface area contributed by atoms with Crippen molar-refractivity contribution < 1.29 is 9.21 Å². The second-order valence-corrected chi connectivity index (χ2v) is 3.35. The fourth-order valence-corrected chi connectivity index (χ4v) is 1.57. The van der Waals surface area contributed by atoms with E-state index in [1.807, 2.05) is 25.1 Å². The monoisotopic (exact) mass is 189 g/mol. The van der Waals surface area contributed by atoms with E-state index in [4.69, 9.17) is 4.42 Å². The Bertz CT molecular complexity index is 447. The van der Waals surface area contributed by atoms with Crippen LogP contribution < -0.4 is 0 Å². The van der Waals surface area contributed by atoms with Crippen LogP contribution in [0.2, 0.25) is 0 Å². The van der Waals surface area contributed by atoms with Gasteiger partial charge in [-0.15, -0.1) is 0 Å². The van der Waals surface area contributed by atoms with Gasteiger partial charge >= 0.3 is 0 Å². The number of oxazole rings is 1. The third kappa shape index (κ3) is 1.41. The predicted molar refractivity (Wildman–Crippen MR) is 53.1 cm³/mol. The first-order chi connectivity index (χ1) is 6.83. The van der Waals surface area contributed by atoms with E-state index in [-0.39, 0.29) is 5.92 Å². The van der Waals surface area contributed by atoms with E-state index in [2.05, 4.69) is 4.98 Å². The average Bonchev–Trinajstić information content (AvgIpc) is 2.65. The molecule has 0 saturated heterocycles. The summed E-state index contributed by atoms with van der Waals surface area (Å²) in [5.41, 5.74) is 2.69. The number of rotatable bonds is 3. The Morgan fingerprint density at radius 1 is 1.57 bits per heavy atom. The molecule has 0 spiro atoms. The molecule has 0 aliphatic carbocycles. The largest absolute Gasteiger partial charge is 0.443 e. The Labute approximate surface area is 81.7 Å². The number of aldehydes is 1. The number of carbonyl (C=O) groups is 1. The standard InChI is InChI=1S/C11H11NO2/c1-8(5-6-13)9-3-2-4-10-11(9)14-7-12-10/h2-4,6-8H,5H2,1H3. The molecule has 1 aromatic carbocycles. The van der Waals surface area contributed by atoms with E-state index in [1.165, 1.54) is 6.39 Å². The summed E-state index contributed by atoms with van der Waals surface area (Å²) in [7, 11) is 0. The summed E-state index contributed by atoms with van der Waals surface area (Å²) in [6.07, 6.45) is 2.88. The second kappa shape index (κ2) is 3.62. The van der Waals surface area contributed by atoms with Crippen LogP contribution in [0.5, 0.6) is 0 Å². The molecule has 0 amide bonds. The molecule has 0 saturated carbocycles. The van der Waals surface area contributed by atoms with Crippen molar-refractivity contribution in [3.05, 3.63) is 30.2 Å². The first-order valence-corrected chi connectivity index (χ1v) is 4.58. The quantitative estimate of drug-likeness (QED) is 0.697. The van der Waals surface area contributed by atoms with Gasteiger partial charge in [0, 0.05) is 12.0 Å². The lowest BCUT2D eigenvalue weighted by Crippen LogP contribution is -1.94. The molecule has 72 valence electrons. The average molecular weight is 189 g/mol. The lowest BCUT2D eigenvalue weighted by Gasteiger charge is -2.07. The Hall–Kier alpha value is -1.64. The van der Waals surface area contributed by atoms with E-state index in [1.54, 1.807) is 0 Å². The molecule has 1 aromatic heterocycles. The van der Waals surface area contributed by atoms with Crippen molar-refractivity contribution in [1.29, 1.82) is 0 Å². The zero-order chi connectivity index (χ0) is 9.97. The molecule has 0 bridgehead atoms. The topological polar surface area (TPSA) is 43.1 Å². The summed E-state index contributed by atoms with van der Waals surface area (Å²) in [5.74, 6) is 0.184. The van der Waals surface area contributed by atoms with E-state index >= 15 is 0 Å². The summed E-state index contributed by atoms with van der Waals surface area (Å²) in [6, 6.07) is 5.80. The van der Waals surface area contributed by atoms with Crippen LogP contribution in [0.4, 0.5) is 0 Å². The first-order valence-electron chi connectivity index (χ1n) is 4.58. The van der Waals surface area contributed by atoms with Gasteiger partial charge in [0.05, 0.1) is 0 Å². The van der Waals surface area contributed by atoms with Crippen LogP contribution in [0.15, 0.2) is 29.0 Å². The van der Waals surface area contributed by atoms with Crippen molar-refractivity contribution in [3.8, 4) is 0 Å². The zero-order valence-electron chi connectivity index (χ0n) is 7.93. The molecule has 3 heteroatoms. The van der Waals surface area contributed by atoms with E-state index in [0.717, 1.165) is 22.9 Å². The summed E-state index contributed by atoms with van der Waals surface area (Å²) in [4.78, 5) is 14.5. The normalized spacial score (nSPS) is 12.9. The molecule has 3 nitrogen and oxygen atoms in total. The minimum Gasteiger partial charge on any atom is -0.443 e. The summed E-state index contributed by atoms with van der Waals surface area (Å²) >= 11 is 0. The van der Waals surface area contributed by atoms with Gasteiger partial charge in [-0.25, -0.2) is 4.98 Å². The predicted octanol–water partition coefficient (Wildman–Crippen LogP) is 2.52. The van der Waals surface area contributed by atoms with Gasteiger partial charge in [0.1, 0.15) is 11.8 Å². The third-order valence-electron chi connectivity index (χ3n) is 2.37. The van der Waals surface area contributed by atoms with E-state index in [0.29, 0.717) is 6.42 Å². The van der Waals surface area contributed by atoms with Gasteiger partial charge in [0.25, 0.3) is 0 Å². The fraction of sp³-hybridized carbons (Fsp3) is 0.273. The minimum atomic E-state index is 0.184. The fourth-order valence-electron chi connectivity index (χ4n) is 1.57. The van der Waals surface area contributed by atoms with Gasteiger partial charge < -0.3 is 9.21 Å². The number of para-hydroxylation sites is 1. The van der Waals surface area contributed by atoms with Crippen molar-refractivity contribution >= 4 is 17.4 Å². The molecule has 0 radical (unpaired) electrons. The molecule has 0 N–H and O–H groups in total. The van der Waals surface area contributed by atoms with Crippen LogP contribution in [0.3, 0.4) is 0 Å². The molecule has 1 atom stereocenters. The Morgan fingerprint density at radius 2 is 2.43 bits per heavy atom. The number of hydrogen-bond acceptors (Lipinski definition) is 3. The molecule has 1 heterocycles. The lowest BCUT2D eigenvalue weighted by molar-refractivity contribution is -0.108. The number of aromatic nitrogens is 1. The Balaban J connectivity index is 2.50. The van der Waals surface area contributed by atoms with Crippen molar-refractivity contribution in [2.24, 2.45) is 0 Å². The highest BCUT2D eigenvalue weighted by atomic mass is 16.3. The lowest BCUT2D eigenvalue weighted by atomic mass is 9.98. The molecule has 0 aliphatic rings. The van der Waals surface area contributed by atoms with Crippen LogP contribution >= 0.6 is 0 Å². The van der Waals surface area contributed by atoms with Gasteiger partial charge in [-0.1, -0.05) is 19.1 Å².